The Morgan fingerprint density at radius 1 is 1.00 bits per heavy atom. The molecule has 0 atom stereocenters. The zero-order valence-electron chi connectivity index (χ0n) is 17.6. The van der Waals surface area contributed by atoms with Crippen molar-refractivity contribution in [2.45, 2.75) is 39.4 Å². The molecule has 0 aliphatic heterocycles. The first-order valence-corrected chi connectivity index (χ1v) is 10.7. The summed E-state index contributed by atoms with van der Waals surface area (Å²) in [5.74, 6) is -0.610. The lowest BCUT2D eigenvalue weighted by Crippen LogP contribution is -2.16. The Bertz CT molecular complexity index is 1040. The van der Waals surface area contributed by atoms with Crippen LogP contribution in [0.5, 0.6) is 0 Å². The Morgan fingerprint density at radius 3 is 2.33 bits per heavy atom. The summed E-state index contributed by atoms with van der Waals surface area (Å²) in [5.41, 5.74) is 5.31. The predicted octanol–water partition coefficient (Wildman–Crippen LogP) is 4.08. The number of rotatable bonds is 8. The molecule has 2 aromatic heterocycles. The lowest BCUT2D eigenvalue weighted by atomic mass is 10.1. The van der Waals surface area contributed by atoms with Crippen LogP contribution < -0.4 is 0 Å². The Balaban J connectivity index is 1.57. The molecule has 3 rings (SSSR count). The quantitative estimate of drug-likeness (QED) is 0.235. The zero-order chi connectivity index (χ0) is 21.7. The fraction of sp³-hybridized carbons (Fsp3) is 0.304. The molecule has 0 aliphatic carbocycles. The van der Waals surface area contributed by atoms with Gasteiger partial charge in [0.15, 0.2) is 11.8 Å². The maximum atomic E-state index is 12.6. The van der Waals surface area contributed by atoms with Crippen molar-refractivity contribution < 1.29 is 14.3 Å². The van der Waals surface area contributed by atoms with Crippen molar-refractivity contribution in [3.63, 3.8) is 0 Å². The molecule has 0 bridgehead atoms. The Labute approximate surface area is 180 Å². The fourth-order valence-electron chi connectivity index (χ4n) is 3.24. The highest BCUT2D eigenvalue weighted by Crippen LogP contribution is 2.18. The molecule has 156 valence electrons. The second-order valence-corrected chi connectivity index (χ2v) is 8.10. The van der Waals surface area contributed by atoms with E-state index in [1.165, 1.54) is 11.8 Å². The van der Waals surface area contributed by atoms with Gasteiger partial charge >= 0.3 is 5.97 Å². The van der Waals surface area contributed by atoms with Crippen molar-refractivity contribution in [2.24, 2.45) is 0 Å². The molecule has 0 spiro atoms. The van der Waals surface area contributed by atoms with Crippen LogP contribution in [0.3, 0.4) is 0 Å². The highest BCUT2D eigenvalue weighted by atomic mass is 32.2. The summed E-state index contributed by atoms with van der Waals surface area (Å²) < 4.78 is 7.28. The van der Waals surface area contributed by atoms with E-state index in [2.05, 4.69) is 26.7 Å². The largest absolute Gasteiger partial charge is 0.457 e. The van der Waals surface area contributed by atoms with Gasteiger partial charge < -0.3 is 9.30 Å². The fourth-order valence-corrected chi connectivity index (χ4v) is 3.99. The van der Waals surface area contributed by atoms with Gasteiger partial charge in [0.25, 0.3) is 0 Å². The standard InChI is InChI=1S/C23H25N3O3S/c1-15-10-16(2)25-23(24-15)30-14-22(28)29-13-21(27)20-11-17(3)26(18(20)4)12-19-8-6-5-7-9-19/h5-11H,12-14H2,1-4H3. The SMILES string of the molecule is Cc1cc(C)nc(SCC(=O)OCC(=O)c2cc(C)n(Cc3ccccc3)c2C)n1. The molecular weight excluding hydrogens is 398 g/mol. The van der Waals surface area contributed by atoms with E-state index in [0.29, 0.717) is 17.3 Å². The maximum absolute atomic E-state index is 12.6. The number of ether oxygens (including phenoxy) is 1. The van der Waals surface area contributed by atoms with Crippen molar-refractivity contribution in [2.75, 3.05) is 12.4 Å². The number of nitrogens with zero attached hydrogens (tertiary/aromatic N) is 3. The Hall–Kier alpha value is -2.93. The summed E-state index contributed by atoms with van der Waals surface area (Å²) in [4.78, 5) is 33.3. The van der Waals surface area contributed by atoms with Gasteiger partial charge in [0.05, 0.1) is 5.75 Å². The second kappa shape index (κ2) is 9.71. The van der Waals surface area contributed by atoms with E-state index in [1.807, 2.05) is 58.0 Å². The highest BCUT2D eigenvalue weighted by molar-refractivity contribution is 7.99. The van der Waals surface area contributed by atoms with Crippen LogP contribution >= 0.6 is 11.8 Å². The minimum Gasteiger partial charge on any atom is -0.457 e. The van der Waals surface area contributed by atoms with Crippen LogP contribution in [0.1, 0.15) is 38.7 Å². The first kappa shape index (κ1) is 21.8. The van der Waals surface area contributed by atoms with Crippen molar-refractivity contribution in [1.82, 2.24) is 14.5 Å². The van der Waals surface area contributed by atoms with Crippen molar-refractivity contribution in [3.8, 4) is 0 Å². The van der Waals surface area contributed by atoms with Gasteiger partial charge in [-0.05, 0) is 45.4 Å². The van der Waals surface area contributed by atoms with Crippen LogP contribution in [0.4, 0.5) is 0 Å². The number of carbonyl (C=O) groups excluding carboxylic acids is 2. The van der Waals surface area contributed by atoms with E-state index >= 15 is 0 Å². The van der Waals surface area contributed by atoms with Crippen LogP contribution in [-0.2, 0) is 16.1 Å². The van der Waals surface area contributed by atoms with E-state index in [1.54, 1.807) is 0 Å². The first-order chi connectivity index (χ1) is 14.3. The molecule has 1 aromatic carbocycles. The molecular formula is C23H25N3O3S. The van der Waals surface area contributed by atoms with Crippen LogP contribution in [0.25, 0.3) is 0 Å². The van der Waals surface area contributed by atoms with Crippen LogP contribution in [0.2, 0.25) is 0 Å². The van der Waals surface area contributed by atoms with E-state index in [4.69, 9.17) is 4.74 Å². The Kier molecular flexibility index (Phi) is 7.05. The summed E-state index contributed by atoms with van der Waals surface area (Å²) in [6, 6.07) is 13.8. The van der Waals surface area contributed by atoms with E-state index in [9.17, 15) is 9.59 Å². The lowest BCUT2D eigenvalue weighted by molar-refractivity contribution is -0.139. The molecule has 2 heterocycles. The summed E-state index contributed by atoms with van der Waals surface area (Å²) in [6.45, 7) is 8.06. The predicted molar refractivity (Wildman–Crippen MR) is 117 cm³/mol. The normalized spacial score (nSPS) is 10.8. The molecule has 0 aliphatic rings. The van der Waals surface area contributed by atoms with E-state index in [-0.39, 0.29) is 18.1 Å². The first-order valence-electron chi connectivity index (χ1n) is 9.68. The number of benzene rings is 1. The summed E-state index contributed by atoms with van der Waals surface area (Å²) in [6.07, 6.45) is 0. The Morgan fingerprint density at radius 2 is 1.67 bits per heavy atom. The molecule has 0 N–H and O–H groups in total. The number of carbonyl (C=O) groups is 2. The summed E-state index contributed by atoms with van der Waals surface area (Å²) in [5, 5.41) is 0.528. The average molecular weight is 424 g/mol. The molecule has 0 unspecified atom stereocenters. The van der Waals surface area contributed by atoms with Crippen molar-refractivity contribution in [3.05, 3.63) is 76.4 Å². The number of Topliss-reactive ketones (excluding diaryl/α,β-unsaturated/α-hetero) is 1. The molecule has 7 heteroatoms. The van der Waals surface area contributed by atoms with Crippen LogP contribution in [-0.4, -0.2) is 38.6 Å². The number of aromatic nitrogens is 3. The molecule has 0 radical (unpaired) electrons. The van der Waals surface area contributed by atoms with Crippen molar-refractivity contribution in [1.29, 1.82) is 0 Å². The summed E-state index contributed by atoms with van der Waals surface area (Å²) in [7, 11) is 0. The van der Waals surface area contributed by atoms with Gasteiger partial charge in [-0.25, -0.2) is 9.97 Å². The molecule has 30 heavy (non-hydrogen) atoms. The number of hydrogen-bond acceptors (Lipinski definition) is 6. The van der Waals surface area contributed by atoms with E-state index in [0.717, 1.165) is 28.3 Å². The monoisotopic (exact) mass is 423 g/mol. The minimum atomic E-state index is -0.464. The number of hydrogen-bond donors (Lipinski definition) is 0. The summed E-state index contributed by atoms with van der Waals surface area (Å²) >= 11 is 1.20. The third-order valence-corrected chi connectivity index (χ3v) is 5.52. The van der Waals surface area contributed by atoms with Gasteiger partial charge in [-0.1, -0.05) is 42.1 Å². The third-order valence-electron chi connectivity index (χ3n) is 4.70. The number of esters is 1. The van der Waals surface area contributed by atoms with Crippen LogP contribution in [0, 0.1) is 27.7 Å². The number of aryl methyl sites for hydroxylation is 3. The van der Waals surface area contributed by atoms with Crippen molar-refractivity contribution >= 4 is 23.5 Å². The van der Waals surface area contributed by atoms with Gasteiger partial charge in [0, 0.05) is 34.9 Å². The average Bonchev–Trinajstić information content (AvgIpc) is 2.99. The van der Waals surface area contributed by atoms with Gasteiger partial charge in [0.1, 0.15) is 0 Å². The number of thioether (sulfide) groups is 1. The zero-order valence-corrected chi connectivity index (χ0v) is 18.5. The smallest absolute Gasteiger partial charge is 0.316 e. The maximum Gasteiger partial charge on any atom is 0.316 e. The molecule has 0 fully saturated rings. The number of ketones is 1. The highest BCUT2D eigenvalue weighted by Gasteiger charge is 2.18. The molecule has 3 aromatic rings. The molecule has 6 nitrogen and oxygen atoms in total. The van der Waals surface area contributed by atoms with Gasteiger partial charge in [-0.15, -0.1) is 0 Å². The van der Waals surface area contributed by atoms with Gasteiger partial charge in [-0.2, -0.15) is 0 Å². The lowest BCUT2D eigenvalue weighted by Gasteiger charge is -2.10. The van der Waals surface area contributed by atoms with Crippen LogP contribution in [0.15, 0.2) is 47.6 Å². The van der Waals surface area contributed by atoms with Gasteiger partial charge in [-0.3, -0.25) is 9.59 Å². The van der Waals surface area contributed by atoms with E-state index < -0.39 is 5.97 Å². The second-order valence-electron chi connectivity index (χ2n) is 7.16. The molecule has 0 saturated heterocycles. The molecule has 0 saturated carbocycles. The third kappa shape index (κ3) is 5.57. The van der Waals surface area contributed by atoms with Gasteiger partial charge in [0.2, 0.25) is 5.78 Å². The minimum absolute atomic E-state index is 0.0587. The topological polar surface area (TPSA) is 74.1 Å². The molecule has 0 amide bonds.